The van der Waals surface area contributed by atoms with Crippen LogP contribution >= 0.6 is 0 Å². The topological polar surface area (TPSA) is 70.0 Å². The number of aromatic nitrogens is 1. The molecule has 7 nitrogen and oxygen atoms in total. The quantitative estimate of drug-likeness (QED) is 0.724. The Balaban J connectivity index is 1.38. The maximum atomic E-state index is 12.4. The van der Waals surface area contributed by atoms with Crippen LogP contribution in [0.3, 0.4) is 0 Å². The number of amides is 1. The maximum Gasteiger partial charge on any atom is 0.496 e. The Labute approximate surface area is 176 Å². The standard InChI is InChI=1S/C22H27BN2O5/c1-21(2)22(3,4)30-23(29-21)17-10-11-19(26)25(12-17)18-13-24(14-18)20(27)28-15-16-8-6-5-7-9-16/h5-12,18H,13-15H2,1-4H3. The van der Waals surface area contributed by atoms with Gasteiger partial charge in [-0.25, -0.2) is 4.79 Å². The zero-order valence-corrected chi connectivity index (χ0v) is 17.8. The Hall–Kier alpha value is -2.58. The van der Waals surface area contributed by atoms with Gasteiger partial charge in [-0.05, 0) is 38.7 Å². The van der Waals surface area contributed by atoms with Crippen LogP contribution in [0.4, 0.5) is 4.79 Å². The van der Waals surface area contributed by atoms with Crippen LogP contribution in [0.15, 0.2) is 53.5 Å². The van der Waals surface area contributed by atoms with Crippen molar-refractivity contribution in [2.75, 3.05) is 13.1 Å². The Morgan fingerprint density at radius 3 is 2.33 bits per heavy atom. The minimum Gasteiger partial charge on any atom is -0.445 e. The van der Waals surface area contributed by atoms with E-state index in [9.17, 15) is 9.59 Å². The van der Waals surface area contributed by atoms with E-state index in [1.165, 1.54) is 6.07 Å². The molecule has 2 fully saturated rings. The highest BCUT2D eigenvalue weighted by molar-refractivity contribution is 6.62. The summed E-state index contributed by atoms with van der Waals surface area (Å²) >= 11 is 0. The first-order chi connectivity index (χ1) is 14.2. The molecular weight excluding hydrogens is 383 g/mol. The van der Waals surface area contributed by atoms with Crippen LogP contribution < -0.4 is 11.0 Å². The van der Waals surface area contributed by atoms with E-state index in [1.807, 2.05) is 58.0 Å². The summed E-state index contributed by atoms with van der Waals surface area (Å²) in [6.45, 7) is 9.07. The number of pyridine rings is 1. The zero-order valence-electron chi connectivity index (χ0n) is 17.8. The molecule has 0 aliphatic carbocycles. The SMILES string of the molecule is CC1(C)OB(c2ccc(=O)n(C3CN(C(=O)OCc4ccccc4)C3)c2)OC1(C)C. The van der Waals surface area contributed by atoms with E-state index in [0.717, 1.165) is 11.0 Å². The first-order valence-electron chi connectivity index (χ1n) is 10.2. The molecule has 0 spiro atoms. The fourth-order valence-electron chi connectivity index (χ4n) is 3.52. The predicted molar refractivity (Wildman–Crippen MR) is 114 cm³/mol. The molecule has 0 unspecified atom stereocenters. The van der Waals surface area contributed by atoms with Crippen molar-refractivity contribution in [1.82, 2.24) is 9.47 Å². The van der Waals surface area contributed by atoms with Crippen LogP contribution in [0.1, 0.15) is 39.3 Å². The highest BCUT2D eigenvalue weighted by Crippen LogP contribution is 2.36. The van der Waals surface area contributed by atoms with Gasteiger partial charge in [-0.1, -0.05) is 36.4 Å². The smallest absolute Gasteiger partial charge is 0.445 e. The lowest BCUT2D eigenvalue weighted by Crippen LogP contribution is -2.53. The number of carbonyl (C=O) groups is 1. The van der Waals surface area contributed by atoms with Crippen LogP contribution in [0, 0.1) is 0 Å². The largest absolute Gasteiger partial charge is 0.496 e. The second kappa shape index (κ2) is 7.59. The number of likely N-dealkylation sites (tertiary alicyclic amines) is 1. The number of ether oxygens (including phenoxy) is 1. The lowest BCUT2D eigenvalue weighted by molar-refractivity contribution is 0.00578. The lowest BCUT2D eigenvalue weighted by Gasteiger charge is -2.39. The molecule has 158 valence electrons. The number of hydrogen-bond donors (Lipinski definition) is 0. The van der Waals surface area contributed by atoms with E-state index in [4.69, 9.17) is 14.0 Å². The van der Waals surface area contributed by atoms with Crippen LogP contribution in [0.2, 0.25) is 0 Å². The fourth-order valence-corrected chi connectivity index (χ4v) is 3.52. The lowest BCUT2D eigenvalue weighted by atomic mass is 9.80. The van der Waals surface area contributed by atoms with Crippen LogP contribution in [0.25, 0.3) is 0 Å². The maximum absolute atomic E-state index is 12.4. The van der Waals surface area contributed by atoms with E-state index in [1.54, 1.807) is 21.7 Å². The summed E-state index contributed by atoms with van der Waals surface area (Å²) in [5.41, 5.74) is 0.716. The molecule has 8 heteroatoms. The van der Waals surface area contributed by atoms with Crippen molar-refractivity contribution in [2.24, 2.45) is 0 Å². The Morgan fingerprint density at radius 1 is 1.07 bits per heavy atom. The number of nitrogens with zero attached hydrogens (tertiary/aromatic N) is 2. The Morgan fingerprint density at radius 2 is 1.70 bits per heavy atom. The first kappa shape index (κ1) is 20.7. The molecule has 3 heterocycles. The van der Waals surface area contributed by atoms with E-state index in [0.29, 0.717) is 13.1 Å². The summed E-state index contributed by atoms with van der Waals surface area (Å²) in [6.07, 6.45) is 1.41. The number of benzene rings is 1. The van der Waals surface area contributed by atoms with Crippen molar-refractivity contribution in [3.8, 4) is 0 Å². The van der Waals surface area contributed by atoms with Gasteiger partial charge in [-0.2, -0.15) is 0 Å². The highest BCUT2D eigenvalue weighted by atomic mass is 16.7. The van der Waals surface area contributed by atoms with Gasteiger partial charge in [-0.3, -0.25) is 4.79 Å². The summed E-state index contributed by atoms with van der Waals surface area (Å²) in [5.74, 6) is 0. The summed E-state index contributed by atoms with van der Waals surface area (Å²) in [7, 11) is -0.533. The molecular formula is C22H27BN2O5. The van der Waals surface area contributed by atoms with Crippen molar-refractivity contribution in [1.29, 1.82) is 0 Å². The normalized spacial score (nSPS) is 20.1. The average Bonchev–Trinajstić information content (AvgIpc) is 2.88. The molecule has 1 aromatic carbocycles. The molecule has 0 bridgehead atoms. The average molecular weight is 410 g/mol. The van der Waals surface area contributed by atoms with Crippen LogP contribution in [-0.4, -0.2) is 47.0 Å². The molecule has 1 aromatic heterocycles. The molecule has 4 rings (SSSR count). The third kappa shape index (κ3) is 3.89. The van der Waals surface area contributed by atoms with Gasteiger partial charge < -0.3 is 23.5 Å². The summed E-state index contributed by atoms with van der Waals surface area (Å²) in [4.78, 5) is 26.3. The molecule has 2 aromatic rings. The minimum absolute atomic E-state index is 0.0934. The van der Waals surface area contributed by atoms with Crippen molar-refractivity contribution in [3.63, 3.8) is 0 Å². The van der Waals surface area contributed by atoms with E-state index < -0.39 is 18.3 Å². The molecule has 0 atom stereocenters. The molecule has 0 saturated carbocycles. The van der Waals surface area contributed by atoms with Gasteiger partial charge in [0.15, 0.2) is 0 Å². The Bertz CT molecular complexity index is 967. The second-order valence-corrected chi connectivity index (χ2v) is 8.90. The predicted octanol–water partition coefficient (Wildman–Crippen LogP) is 2.34. The Kier molecular flexibility index (Phi) is 5.24. The number of hydrogen-bond acceptors (Lipinski definition) is 5. The molecule has 30 heavy (non-hydrogen) atoms. The summed E-state index contributed by atoms with van der Waals surface area (Å²) in [6, 6.07) is 12.7. The second-order valence-electron chi connectivity index (χ2n) is 8.90. The number of carbonyl (C=O) groups excluding carboxylic acids is 1. The zero-order chi connectivity index (χ0) is 21.5. The van der Waals surface area contributed by atoms with Gasteiger partial charge in [0.05, 0.1) is 17.2 Å². The minimum atomic E-state index is -0.533. The van der Waals surface area contributed by atoms with Gasteiger partial charge >= 0.3 is 13.2 Å². The van der Waals surface area contributed by atoms with Gasteiger partial charge in [-0.15, -0.1) is 0 Å². The summed E-state index contributed by atoms with van der Waals surface area (Å²) < 4.78 is 19.2. The van der Waals surface area contributed by atoms with Gasteiger partial charge in [0.1, 0.15) is 6.61 Å². The van der Waals surface area contributed by atoms with Crippen molar-refractivity contribution in [2.45, 2.75) is 51.5 Å². The summed E-state index contributed by atoms with van der Waals surface area (Å²) in [5, 5.41) is 0. The van der Waals surface area contributed by atoms with Gasteiger partial charge in [0, 0.05) is 25.4 Å². The third-order valence-electron chi connectivity index (χ3n) is 6.21. The van der Waals surface area contributed by atoms with Crippen molar-refractivity contribution in [3.05, 3.63) is 64.6 Å². The van der Waals surface area contributed by atoms with Crippen molar-refractivity contribution < 1.29 is 18.8 Å². The van der Waals surface area contributed by atoms with Gasteiger partial charge in [0.2, 0.25) is 0 Å². The van der Waals surface area contributed by atoms with Crippen LogP contribution in [-0.2, 0) is 20.7 Å². The van der Waals surface area contributed by atoms with Gasteiger partial charge in [0.25, 0.3) is 5.56 Å². The molecule has 1 amide bonds. The molecule has 0 radical (unpaired) electrons. The van der Waals surface area contributed by atoms with E-state index >= 15 is 0 Å². The first-order valence-corrected chi connectivity index (χ1v) is 10.2. The monoisotopic (exact) mass is 410 g/mol. The third-order valence-corrected chi connectivity index (χ3v) is 6.21. The molecule has 2 aliphatic rings. The van der Waals surface area contributed by atoms with E-state index in [2.05, 4.69) is 0 Å². The van der Waals surface area contributed by atoms with E-state index in [-0.39, 0.29) is 24.3 Å². The molecule has 2 saturated heterocycles. The van der Waals surface area contributed by atoms with Crippen molar-refractivity contribution >= 4 is 18.7 Å². The molecule has 2 aliphatic heterocycles. The fraction of sp³-hybridized carbons (Fsp3) is 0.455. The number of rotatable bonds is 4. The van der Waals surface area contributed by atoms with Crippen LogP contribution in [0.5, 0.6) is 0 Å². The highest BCUT2D eigenvalue weighted by Gasteiger charge is 2.52. The molecule has 0 N–H and O–H groups in total.